The zero-order valence-corrected chi connectivity index (χ0v) is 17.0. The molecule has 0 radical (unpaired) electrons. The average molecular weight is 439 g/mol. The summed E-state index contributed by atoms with van der Waals surface area (Å²) in [5, 5.41) is 13.2. The number of nitriles is 1. The van der Waals surface area contributed by atoms with Gasteiger partial charge in [-0.3, -0.25) is 9.78 Å². The van der Waals surface area contributed by atoms with Crippen molar-refractivity contribution < 1.29 is 18.3 Å². The van der Waals surface area contributed by atoms with E-state index in [0.717, 1.165) is 6.20 Å². The fourth-order valence-electron chi connectivity index (χ4n) is 4.30. The Labute approximate surface area is 181 Å². The van der Waals surface area contributed by atoms with E-state index in [1.807, 2.05) is 6.07 Å². The minimum atomic E-state index is -1.41. The van der Waals surface area contributed by atoms with Gasteiger partial charge in [0.25, 0.3) is 0 Å². The monoisotopic (exact) mass is 439 g/mol. The summed E-state index contributed by atoms with van der Waals surface area (Å²) < 4.78 is 36.0. The van der Waals surface area contributed by atoms with Crippen molar-refractivity contribution in [3.63, 3.8) is 0 Å². The van der Waals surface area contributed by atoms with Gasteiger partial charge in [0.1, 0.15) is 36.0 Å². The molecule has 0 N–H and O–H groups in total. The number of carbonyl (C=O) groups excluding carboxylic acids is 1. The molecular weight excluding hydrogens is 420 g/mol. The van der Waals surface area contributed by atoms with E-state index in [2.05, 4.69) is 15.1 Å². The third-order valence-electron chi connectivity index (χ3n) is 5.89. The van der Waals surface area contributed by atoms with E-state index >= 15 is 4.39 Å². The molecule has 0 aliphatic carbocycles. The first kappa shape index (κ1) is 20.1. The molecule has 3 aromatic heterocycles. The molecule has 1 saturated heterocycles. The van der Waals surface area contributed by atoms with E-state index in [1.165, 1.54) is 16.9 Å². The second-order valence-electron chi connectivity index (χ2n) is 7.78. The van der Waals surface area contributed by atoms with Gasteiger partial charge in [0, 0.05) is 30.7 Å². The van der Waals surface area contributed by atoms with E-state index < -0.39 is 17.9 Å². The van der Waals surface area contributed by atoms with Crippen LogP contribution in [0.2, 0.25) is 0 Å². The minimum absolute atomic E-state index is 0.0158. The molecule has 1 fully saturated rings. The third kappa shape index (κ3) is 3.37. The topological polar surface area (TPSA) is 99.6 Å². The van der Waals surface area contributed by atoms with E-state index in [9.17, 15) is 14.4 Å². The van der Waals surface area contributed by atoms with Crippen molar-refractivity contribution in [3.8, 4) is 11.8 Å². The van der Waals surface area contributed by atoms with Crippen LogP contribution in [0.1, 0.15) is 17.5 Å². The Kier molecular flexibility index (Phi) is 5.05. The number of amides is 1. The minimum Gasteiger partial charge on any atom is -0.490 e. The number of nitrogens with zero attached hydrogens (tertiary/aromatic N) is 7. The van der Waals surface area contributed by atoms with Crippen molar-refractivity contribution in [2.45, 2.75) is 19.1 Å². The number of hydrogen-bond acceptors (Lipinski definition) is 7. The number of piperidine rings is 1. The van der Waals surface area contributed by atoms with Crippen LogP contribution in [0.3, 0.4) is 0 Å². The number of halogens is 2. The quantitative estimate of drug-likeness (QED) is 0.599. The Balaban J connectivity index is 1.32. The third-order valence-corrected chi connectivity index (χ3v) is 5.89. The first-order valence-electron chi connectivity index (χ1n) is 10.2. The van der Waals surface area contributed by atoms with E-state index in [-0.39, 0.29) is 31.3 Å². The van der Waals surface area contributed by atoms with Gasteiger partial charge >= 0.3 is 0 Å². The molecule has 2 aliphatic heterocycles. The number of ether oxygens (including phenoxy) is 1. The summed E-state index contributed by atoms with van der Waals surface area (Å²) in [5.41, 5.74) is 1.01. The van der Waals surface area contributed by atoms with Gasteiger partial charge in [0.05, 0.1) is 31.7 Å². The van der Waals surface area contributed by atoms with Crippen LogP contribution in [0.5, 0.6) is 5.75 Å². The molecule has 0 saturated carbocycles. The summed E-state index contributed by atoms with van der Waals surface area (Å²) in [6.07, 6.45) is 4.40. The zero-order valence-electron chi connectivity index (χ0n) is 17.0. The molecule has 0 bridgehead atoms. The second-order valence-corrected chi connectivity index (χ2v) is 7.78. The fraction of sp³-hybridized carbons (Fsp3) is 0.381. The molecule has 5 heterocycles. The maximum absolute atomic E-state index is 15.2. The highest BCUT2D eigenvalue weighted by Crippen LogP contribution is 2.30. The van der Waals surface area contributed by atoms with Crippen molar-refractivity contribution in [1.29, 1.82) is 5.26 Å². The van der Waals surface area contributed by atoms with Gasteiger partial charge in [-0.05, 0) is 12.5 Å². The lowest BCUT2D eigenvalue weighted by atomic mass is 9.93. The first-order valence-corrected chi connectivity index (χ1v) is 10.2. The predicted molar refractivity (Wildman–Crippen MR) is 108 cm³/mol. The smallest absolute Gasteiger partial charge is 0.229 e. The van der Waals surface area contributed by atoms with Gasteiger partial charge in [0.15, 0.2) is 11.5 Å². The molecule has 0 aromatic carbocycles. The normalized spacial score (nSPS) is 20.9. The fourth-order valence-corrected chi connectivity index (χ4v) is 4.30. The van der Waals surface area contributed by atoms with Gasteiger partial charge in [-0.1, -0.05) is 0 Å². The molecule has 0 spiro atoms. The molecule has 1 amide bonds. The number of aromatic nitrogens is 4. The molecule has 2 aliphatic rings. The van der Waals surface area contributed by atoms with E-state index in [4.69, 9.17) is 4.74 Å². The van der Waals surface area contributed by atoms with Crippen molar-refractivity contribution in [2.75, 3.05) is 31.1 Å². The van der Waals surface area contributed by atoms with Gasteiger partial charge < -0.3 is 14.5 Å². The summed E-state index contributed by atoms with van der Waals surface area (Å²) in [6.45, 7) is 1.12. The summed E-state index contributed by atoms with van der Waals surface area (Å²) in [5.74, 6) is -0.684. The SMILES string of the molecule is N#Cc1cncc2c1OCCN(C(=O)[C@H]1CCN(c3ccnc4c(F)cnn34)C[C@@H]1F)C2. The molecule has 11 heteroatoms. The predicted octanol–water partition coefficient (Wildman–Crippen LogP) is 1.72. The Morgan fingerprint density at radius 1 is 1.28 bits per heavy atom. The Hall–Kier alpha value is -3.81. The Morgan fingerprint density at radius 2 is 2.16 bits per heavy atom. The van der Waals surface area contributed by atoms with Crippen LogP contribution in [0.4, 0.5) is 14.6 Å². The molecular formula is C21H19F2N7O2. The van der Waals surface area contributed by atoms with E-state index in [0.29, 0.717) is 42.2 Å². The molecule has 164 valence electrons. The van der Waals surface area contributed by atoms with Crippen molar-refractivity contribution >= 4 is 17.4 Å². The van der Waals surface area contributed by atoms with Crippen LogP contribution in [-0.4, -0.2) is 62.8 Å². The lowest BCUT2D eigenvalue weighted by Gasteiger charge is -2.37. The molecule has 5 rings (SSSR count). The second kappa shape index (κ2) is 8.03. The van der Waals surface area contributed by atoms with Crippen LogP contribution < -0.4 is 9.64 Å². The van der Waals surface area contributed by atoms with Crippen molar-refractivity contribution in [3.05, 3.63) is 47.8 Å². The summed E-state index contributed by atoms with van der Waals surface area (Å²) in [7, 11) is 0. The van der Waals surface area contributed by atoms with Gasteiger partial charge in [0.2, 0.25) is 5.91 Å². The Bertz CT molecular complexity index is 1220. The van der Waals surface area contributed by atoms with Crippen LogP contribution in [0, 0.1) is 23.1 Å². The summed E-state index contributed by atoms with van der Waals surface area (Å²) >= 11 is 0. The summed E-state index contributed by atoms with van der Waals surface area (Å²) in [4.78, 5) is 24.5. The number of pyridine rings is 1. The molecule has 32 heavy (non-hydrogen) atoms. The number of hydrogen-bond donors (Lipinski definition) is 0. The number of fused-ring (bicyclic) bond motifs is 2. The van der Waals surface area contributed by atoms with Crippen LogP contribution in [0.25, 0.3) is 5.65 Å². The number of anilines is 1. The molecule has 2 atom stereocenters. The Morgan fingerprint density at radius 3 is 2.97 bits per heavy atom. The number of carbonyl (C=O) groups is 1. The lowest BCUT2D eigenvalue weighted by Crippen LogP contribution is -2.49. The van der Waals surface area contributed by atoms with Crippen LogP contribution >= 0.6 is 0 Å². The number of rotatable bonds is 2. The molecule has 9 nitrogen and oxygen atoms in total. The van der Waals surface area contributed by atoms with Gasteiger partial charge in [-0.2, -0.15) is 14.9 Å². The van der Waals surface area contributed by atoms with Gasteiger partial charge in [-0.15, -0.1) is 0 Å². The number of alkyl halides is 1. The standard InChI is InChI=1S/C21H19F2N7O2/c22-16-10-27-30-18(1-3-26-20(16)30)28-4-2-15(17(23)12-28)21(31)29-5-6-32-19-13(7-24)8-25-9-14(19)11-29/h1,3,8-10,15,17H,2,4-6,11-12H2/t15-,17-/m0/s1. The average Bonchev–Trinajstić information content (AvgIpc) is 3.05. The van der Waals surface area contributed by atoms with Gasteiger partial charge in [-0.25, -0.2) is 13.8 Å². The first-order chi connectivity index (χ1) is 15.6. The van der Waals surface area contributed by atoms with Crippen LogP contribution in [0.15, 0.2) is 30.9 Å². The maximum Gasteiger partial charge on any atom is 0.229 e. The van der Waals surface area contributed by atoms with Crippen molar-refractivity contribution in [1.82, 2.24) is 24.5 Å². The highest BCUT2D eigenvalue weighted by molar-refractivity contribution is 5.80. The van der Waals surface area contributed by atoms with E-state index in [1.54, 1.807) is 22.1 Å². The summed E-state index contributed by atoms with van der Waals surface area (Å²) in [6, 6.07) is 3.69. The molecule has 0 unspecified atom stereocenters. The lowest BCUT2D eigenvalue weighted by molar-refractivity contribution is -0.139. The van der Waals surface area contributed by atoms with Crippen molar-refractivity contribution in [2.24, 2.45) is 5.92 Å². The highest BCUT2D eigenvalue weighted by Gasteiger charge is 2.38. The molecule has 3 aromatic rings. The van der Waals surface area contributed by atoms with Crippen LogP contribution in [-0.2, 0) is 11.3 Å². The maximum atomic E-state index is 15.2. The highest BCUT2D eigenvalue weighted by atomic mass is 19.1. The zero-order chi connectivity index (χ0) is 22.2. The largest absolute Gasteiger partial charge is 0.490 e.